The summed E-state index contributed by atoms with van der Waals surface area (Å²) in [5.41, 5.74) is 0. The lowest BCUT2D eigenvalue weighted by molar-refractivity contribution is 0.609. The highest BCUT2D eigenvalue weighted by Gasteiger charge is 1.95. The summed E-state index contributed by atoms with van der Waals surface area (Å²) < 4.78 is 0. The molecule has 0 aliphatic heterocycles. The van der Waals surface area contributed by atoms with E-state index in [4.69, 9.17) is 5.26 Å². The fourth-order valence-electron chi connectivity index (χ4n) is 0.608. The first kappa shape index (κ1) is 8.23. The molecule has 0 rings (SSSR count). The molecule has 0 aromatic heterocycles. The average Bonchev–Trinajstić information content (AvgIpc) is 1.85. The molecule has 1 unspecified atom stereocenters. The molecule has 0 aromatic rings. The van der Waals surface area contributed by atoms with Gasteiger partial charge in [-0.1, -0.05) is 19.1 Å². The normalized spacial score (nSPS) is 13.4. The summed E-state index contributed by atoms with van der Waals surface area (Å²) in [4.78, 5) is 0. The summed E-state index contributed by atoms with van der Waals surface area (Å²) in [6.07, 6.45) is 5.82. The first-order valence-electron chi connectivity index (χ1n) is 3.29. The maximum atomic E-state index is 8.26. The van der Waals surface area contributed by atoms with E-state index in [0.29, 0.717) is 12.3 Å². The van der Waals surface area contributed by atoms with Crippen LogP contribution in [0.3, 0.4) is 0 Å². The van der Waals surface area contributed by atoms with Gasteiger partial charge in [-0.3, -0.25) is 0 Å². The number of nitrogens with zero attached hydrogens (tertiary/aromatic N) is 1. The van der Waals surface area contributed by atoms with Gasteiger partial charge >= 0.3 is 0 Å². The molecule has 0 N–H and O–H groups in total. The molecule has 0 fully saturated rings. The Morgan fingerprint density at radius 3 is 2.78 bits per heavy atom. The predicted molar refractivity (Wildman–Crippen MR) is 38.8 cm³/mol. The van der Waals surface area contributed by atoms with Gasteiger partial charge < -0.3 is 0 Å². The number of rotatable bonds is 3. The van der Waals surface area contributed by atoms with Crippen molar-refractivity contribution < 1.29 is 0 Å². The van der Waals surface area contributed by atoms with Crippen LogP contribution in [0.15, 0.2) is 12.2 Å². The Bertz CT molecular complexity index is 119. The van der Waals surface area contributed by atoms with Gasteiger partial charge in [-0.05, 0) is 19.3 Å². The van der Waals surface area contributed by atoms with E-state index in [0.717, 1.165) is 6.42 Å². The largest absolute Gasteiger partial charge is 0.198 e. The summed E-state index contributed by atoms with van der Waals surface area (Å²) in [7, 11) is 0. The summed E-state index contributed by atoms with van der Waals surface area (Å²) >= 11 is 0. The van der Waals surface area contributed by atoms with Gasteiger partial charge in [-0.15, -0.1) is 0 Å². The Morgan fingerprint density at radius 2 is 2.33 bits per heavy atom. The van der Waals surface area contributed by atoms with Crippen molar-refractivity contribution in [1.29, 1.82) is 5.26 Å². The van der Waals surface area contributed by atoms with Gasteiger partial charge in [0.05, 0.1) is 6.07 Å². The lowest BCUT2D eigenvalue weighted by Gasteiger charge is -1.99. The third kappa shape index (κ3) is 5.10. The summed E-state index contributed by atoms with van der Waals surface area (Å²) in [6.45, 7) is 4.09. The summed E-state index contributed by atoms with van der Waals surface area (Å²) in [5, 5.41) is 8.26. The maximum absolute atomic E-state index is 8.26. The molecule has 0 radical (unpaired) electrons. The smallest absolute Gasteiger partial charge is 0.0624 e. The molecule has 1 nitrogen and oxygen atoms in total. The molecule has 50 valence electrons. The van der Waals surface area contributed by atoms with Crippen LogP contribution in [0.5, 0.6) is 0 Å². The quantitative estimate of drug-likeness (QED) is 0.529. The highest BCUT2D eigenvalue weighted by Crippen LogP contribution is 2.05. The van der Waals surface area contributed by atoms with Crippen molar-refractivity contribution in [2.24, 2.45) is 5.92 Å². The van der Waals surface area contributed by atoms with Gasteiger partial charge in [0.15, 0.2) is 0 Å². The zero-order valence-electron chi connectivity index (χ0n) is 6.09. The zero-order valence-corrected chi connectivity index (χ0v) is 6.09. The molecule has 0 aliphatic rings. The van der Waals surface area contributed by atoms with Crippen LogP contribution >= 0.6 is 0 Å². The van der Waals surface area contributed by atoms with Crippen molar-refractivity contribution in [2.75, 3.05) is 0 Å². The molecule has 1 atom stereocenters. The monoisotopic (exact) mass is 123 g/mol. The van der Waals surface area contributed by atoms with Crippen molar-refractivity contribution in [3.05, 3.63) is 12.2 Å². The Kier molecular flexibility index (Phi) is 4.91. The van der Waals surface area contributed by atoms with E-state index in [9.17, 15) is 0 Å². The summed E-state index contributed by atoms with van der Waals surface area (Å²) in [6, 6.07) is 2.14. The van der Waals surface area contributed by atoms with Gasteiger partial charge in [-0.25, -0.2) is 0 Å². The van der Waals surface area contributed by atoms with Crippen molar-refractivity contribution in [2.45, 2.75) is 26.7 Å². The SMILES string of the molecule is C/C=C/CC(C)CC#N. The number of allylic oxidation sites excluding steroid dienone is 2. The summed E-state index contributed by atoms with van der Waals surface area (Å²) in [5.74, 6) is 0.520. The highest BCUT2D eigenvalue weighted by molar-refractivity contribution is 4.82. The molecule has 0 bridgehead atoms. The van der Waals surface area contributed by atoms with Gasteiger partial charge in [0.1, 0.15) is 0 Å². The molecule has 0 saturated carbocycles. The lowest BCUT2D eigenvalue weighted by atomic mass is 10.1. The van der Waals surface area contributed by atoms with Crippen LogP contribution in [0.25, 0.3) is 0 Å². The van der Waals surface area contributed by atoms with E-state index in [1.165, 1.54) is 0 Å². The van der Waals surface area contributed by atoms with Crippen molar-refractivity contribution in [3.63, 3.8) is 0 Å². The van der Waals surface area contributed by atoms with E-state index >= 15 is 0 Å². The average molecular weight is 123 g/mol. The fraction of sp³-hybridized carbons (Fsp3) is 0.625. The standard InChI is InChI=1S/C8H13N/c1-3-4-5-8(2)6-7-9/h3-4,8H,5-6H2,1-2H3/b4-3+. The van der Waals surface area contributed by atoms with Crippen LogP contribution in [0.1, 0.15) is 26.7 Å². The maximum Gasteiger partial charge on any atom is 0.0624 e. The van der Waals surface area contributed by atoms with Crippen molar-refractivity contribution in [3.8, 4) is 6.07 Å². The van der Waals surface area contributed by atoms with Crippen LogP contribution in [-0.4, -0.2) is 0 Å². The van der Waals surface area contributed by atoms with Crippen molar-refractivity contribution in [1.82, 2.24) is 0 Å². The molecule has 0 amide bonds. The number of hydrogen-bond donors (Lipinski definition) is 0. The second-order valence-electron chi connectivity index (χ2n) is 2.27. The van der Waals surface area contributed by atoms with Crippen LogP contribution in [0, 0.1) is 17.2 Å². The van der Waals surface area contributed by atoms with Crippen LogP contribution in [0.2, 0.25) is 0 Å². The Hall–Kier alpha value is -0.770. The molecule has 0 aliphatic carbocycles. The number of nitriles is 1. The second-order valence-corrected chi connectivity index (χ2v) is 2.27. The Balaban J connectivity index is 3.29. The van der Waals surface area contributed by atoms with E-state index in [-0.39, 0.29) is 0 Å². The van der Waals surface area contributed by atoms with Crippen LogP contribution in [-0.2, 0) is 0 Å². The molecular weight excluding hydrogens is 110 g/mol. The van der Waals surface area contributed by atoms with Crippen molar-refractivity contribution >= 4 is 0 Å². The van der Waals surface area contributed by atoms with E-state index < -0.39 is 0 Å². The van der Waals surface area contributed by atoms with Gasteiger partial charge in [0.2, 0.25) is 0 Å². The second kappa shape index (κ2) is 5.37. The Labute approximate surface area is 57.0 Å². The van der Waals surface area contributed by atoms with Crippen LogP contribution < -0.4 is 0 Å². The highest BCUT2D eigenvalue weighted by atomic mass is 14.2. The number of hydrogen-bond acceptors (Lipinski definition) is 1. The van der Waals surface area contributed by atoms with Crippen LogP contribution in [0.4, 0.5) is 0 Å². The minimum atomic E-state index is 0.520. The molecule has 0 heterocycles. The Morgan fingerprint density at radius 1 is 1.67 bits per heavy atom. The molecular formula is C8H13N. The third-order valence-electron chi connectivity index (χ3n) is 1.21. The van der Waals surface area contributed by atoms with Gasteiger partial charge in [0, 0.05) is 6.42 Å². The van der Waals surface area contributed by atoms with E-state index in [1.54, 1.807) is 0 Å². The molecule has 1 heteroatoms. The van der Waals surface area contributed by atoms with E-state index in [2.05, 4.69) is 19.1 Å². The van der Waals surface area contributed by atoms with Gasteiger partial charge in [-0.2, -0.15) is 5.26 Å². The molecule has 0 saturated heterocycles. The van der Waals surface area contributed by atoms with E-state index in [1.807, 2.05) is 13.0 Å². The van der Waals surface area contributed by atoms with Gasteiger partial charge in [0.25, 0.3) is 0 Å². The lowest BCUT2D eigenvalue weighted by Crippen LogP contribution is -1.88. The minimum Gasteiger partial charge on any atom is -0.198 e. The topological polar surface area (TPSA) is 23.8 Å². The minimum absolute atomic E-state index is 0.520. The third-order valence-corrected chi connectivity index (χ3v) is 1.21. The molecule has 9 heavy (non-hydrogen) atoms. The zero-order chi connectivity index (χ0) is 7.11. The first-order chi connectivity index (χ1) is 4.31. The molecule has 0 aromatic carbocycles. The fourth-order valence-corrected chi connectivity index (χ4v) is 0.608. The first-order valence-corrected chi connectivity index (χ1v) is 3.29. The predicted octanol–water partition coefficient (Wildman–Crippen LogP) is 2.50. The molecule has 0 spiro atoms.